The van der Waals surface area contributed by atoms with Gasteiger partial charge in [0.15, 0.2) is 0 Å². The summed E-state index contributed by atoms with van der Waals surface area (Å²) in [5.41, 5.74) is 0.787. The van der Waals surface area contributed by atoms with Gasteiger partial charge in [-0.2, -0.15) is 0 Å². The number of piperidine rings is 1. The normalized spacial score (nSPS) is 18.4. The first-order valence-electron chi connectivity index (χ1n) is 7.51. The van der Waals surface area contributed by atoms with Crippen LogP contribution >= 0.6 is 15.9 Å². The zero-order chi connectivity index (χ0) is 14.5. The molecule has 1 N–H and O–H groups in total. The maximum Gasteiger partial charge on any atom is 0.128 e. The third kappa shape index (κ3) is 4.03. The molecule has 2 rings (SSSR count). The van der Waals surface area contributed by atoms with Crippen LogP contribution in [0.25, 0.3) is 0 Å². The van der Waals surface area contributed by atoms with Gasteiger partial charge in [-0.05, 0) is 63.5 Å². The number of hydrogen-bond donors (Lipinski definition) is 1. The predicted octanol–water partition coefficient (Wildman–Crippen LogP) is 3.97. The SMILES string of the molecule is CCN(CC1CCNCC1)C(C)c1cc(Br)ccc1F. The summed E-state index contributed by atoms with van der Waals surface area (Å²) in [5, 5.41) is 3.40. The first kappa shape index (κ1) is 15.9. The Morgan fingerprint density at radius 1 is 1.40 bits per heavy atom. The molecule has 1 aromatic carbocycles. The molecular formula is C16H24BrFN2. The molecule has 1 atom stereocenters. The quantitative estimate of drug-likeness (QED) is 0.870. The van der Waals surface area contributed by atoms with E-state index in [2.05, 4.69) is 40.0 Å². The molecule has 1 aliphatic heterocycles. The minimum atomic E-state index is -0.107. The Hall–Kier alpha value is -0.450. The van der Waals surface area contributed by atoms with Crippen LogP contribution in [0.5, 0.6) is 0 Å². The van der Waals surface area contributed by atoms with Crippen LogP contribution in [0, 0.1) is 11.7 Å². The number of benzene rings is 1. The molecule has 1 aromatic rings. The van der Waals surface area contributed by atoms with Crippen LogP contribution in [0.2, 0.25) is 0 Å². The van der Waals surface area contributed by atoms with E-state index in [1.54, 1.807) is 12.1 Å². The van der Waals surface area contributed by atoms with E-state index >= 15 is 0 Å². The third-order valence-corrected chi connectivity index (χ3v) is 4.81. The highest BCUT2D eigenvalue weighted by Gasteiger charge is 2.22. The van der Waals surface area contributed by atoms with E-state index in [9.17, 15) is 4.39 Å². The smallest absolute Gasteiger partial charge is 0.128 e. The van der Waals surface area contributed by atoms with Gasteiger partial charge in [0.05, 0.1) is 0 Å². The van der Waals surface area contributed by atoms with Crippen LogP contribution in [-0.2, 0) is 0 Å². The van der Waals surface area contributed by atoms with Crippen molar-refractivity contribution in [3.05, 3.63) is 34.1 Å². The molecule has 0 saturated carbocycles. The Balaban J connectivity index is 2.07. The van der Waals surface area contributed by atoms with Gasteiger partial charge in [-0.15, -0.1) is 0 Å². The molecule has 0 aromatic heterocycles. The Labute approximate surface area is 129 Å². The van der Waals surface area contributed by atoms with E-state index in [1.165, 1.54) is 12.8 Å². The lowest BCUT2D eigenvalue weighted by Crippen LogP contribution is -2.37. The van der Waals surface area contributed by atoms with E-state index in [0.29, 0.717) is 0 Å². The molecule has 0 spiro atoms. The molecule has 4 heteroatoms. The Kier molecular flexibility index (Phi) is 6.00. The van der Waals surface area contributed by atoms with Crippen molar-refractivity contribution < 1.29 is 4.39 Å². The van der Waals surface area contributed by atoms with Gasteiger partial charge < -0.3 is 5.32 Å². The topological polar surface area (TPSA) is 15.3 Å². The van der Waals surface area contributed by atoms with Gasteiger partial charge >= 0.3 is 0 Å². The summed E-state index contributed by atoms with van der Waals surface area (Å²) in [5.74, 6) is 0.623. The standard InChI is InChI=1S/C16H24BrFN2/c1-3-20(11-13-6-8-19-9-7-13)12(2)15-10-14(17)4-5-16(15)18/h4-5,10,12-13,19H,3,6-9,11H2,1-2H3. The summed E-state index contributed by atoms with van der Waals surface area (Å²) in [4.78, 5) is 2.39. The largest absolute Gasteiger partial charge is 0.317 e. The lowest BCUT2D eigenvalue weighted by molar-refractivity contribution is 0.166. The van der Waals surface area contributed by atoms with Crippen molar-refractivity contribution in [2.75, 3.05) is 26.2 Å². The van der Waals surface area contributed by atoms with Crippen LogP contribution < -0.4 is 5.32 Å². The fourth-order valence-electron chi connectivity index (χ4n) is 2.99. The van der Waals surface area contributed by atoms with Gasteiger partial charge in [0.1, 0.15) is 5.82 Å². The molecule has 112 valence electrons. The molecule has 1 heterocycles. The molecule has 1 aliphatic rings. The monoisotopic (exact) mass is 342 g/mol. The number of nitrogens with one attached hydrogen (secondary N) is 1. The van der Waals surface area contributed by atoms with E-state index in [4.69, 9.17) is 0 Å². The van der Waals surface area contributed by atoms with Crippen LogP contribution in [0.4, 0.5) is 4.39 Å². The van der Waals surface area contributed by atoms with E-state index < -0.39 is 0 Å². The first-order valence-corrected chi connectivity index (χ1v) is 8.30. The van der Waals surface area contributed by atoms with Gasteiger partial charge in [-0.1, -0.05) is 22.9 Å². The summed E-state index contributed by atoms with van der Waals surface area (Å²) in [6.45, 7) is 8.51. The van der Waals surface area contributed by atoms with Crippen LogP contribution in [0.15, 0.2) is 22.7 Å². The van der Waals surface area contributed by atoms with Crippen LogP contribution in [-0.4, -0.2) is 31.1 Å². The molecule has 1 saturated heterocycles. The third-order valence-electron chi connectivity index (χ3n) is 4.31. The Morgan fingerprint density at radius 2 is 2.10 bits per heavy atom. The van der Waals surface area contributed by atoms with Gasteiger partial charge in [0.2, 0.25) is 0 Å². The second-order valence-corrected chi connectivity index (χ2v) is 6.54. The van der Waals surface area contributed by atoms with Crippen molar-refractivity contribution in [1.82, 2.24) is 10.2 Å². The lowest BCUT2D eigenvalue weighted by Gasteiger charge is -2.33. The second-order valence-electron chi connectivity index (χ2n) is 5.62. The second kappa shape index (κ2) is 7.53. The van der Waals surface area contributed by atoms with E-state index in [1.807, 2.05) is 6.07 Å². The lowest BCUT2D eigenvalue weighted by atomic mass is 9.96. The summed E-state index contributed by atoms with van der Waals surface area (Å²) in [7, 11) is 0. The van der Waals surface area contributed by atoms with Crippen molar-refractivity contribution >= 4 is 15.9 Å². The van der Waals surface area contributed by atoms with Gasteiger partial charge in [-0.25, -0.2) is 4.39 Å². The molecule has 0 radical (unpaired) electrons. The van der Waals surface area contributed by atoms with Crippen LogP contribution in [0.1, 0.15) is 38.3 Å². The zero-order valence-corrected chi connectivity index (χ0v) is 13.9. The predicted molar refractivity (Wildman–Crippen MR) is 85.4 cm³/mol. The number of rotatable bonds is 5. The number of halogens is 2. The average Bonchev–Trinajstić information content (AvgIpc) is 2.47. The van der Waals surface area contributed by atoms with E-state index in [0.717, 1.165) is 42.1 Å². The molecule has 0 amide bonds. The molecule has 0 aliphatic carbocycles. The summed E-state index contributed by atoms with van der Waals surface area (Å²) in [6.07, 6.45) is 2.45. The van der Waals surface area contributed by atoms with E-state index in [-0.39, 0.29) is 11.9 Å². The number of nitrogens with zero attached hydrogens (tertiary/aromatic N) is 1. The molecule has 20 heavy (non-hydrogen) atoms. The first-order chi connectivity index (χ1) is 9.61. The minimum Gasteiger partial charge on any atom is -0.317 e. The fraction of sp³-hybridized carbons (Fsp3) is 0.625. The van der Waals surface area contributed by atoms with Crippen molar-refractivity contribution in [2.24, 2.45) is 5.92 Å². The fourth-order valence-corrected chi connectivity index (χ4v) is 3.37. The summed E-state index contributed by atoms with van der Waals surface area (Å²) < 4.78 is 15.0. The minimum absolute atomic E-state index is 0.107. The molecule has 1 unspecified atom stereocenters. The van der Waals surface area contributed by atoms with Crippen LogP contribution in [0.3, 0.4) is 0 Å². The maximum atomic E-state index is 14.0. The van der Waals surface area contributed by atoms with Gasteiger partial charge in [0, 0.05) is 22.6 Å². The molecule has 2 nitrogen and oxygen atoms in total. The molecule has 1 fully saturated rings. The summed E-state index contributed by atoms with van der Waals surface area (Å²) >= 11 is 3.44. The maximum absolute atomic E-state index is 14.0. The Morgan fingerprint density at radius 3 is 2.75 bits per heavy atom. The molecule has 0 bridgehead atoms. The summed E-state index contributed by atoms with van der Waals surface area (Å²) in [6, 6.07) is 5.33. The Bertz CT molecular complexity index is 432. The highest BCUT2D eigenvalue weighted by atomic mass is 79.9. The zero-order valence-electron chi connectivity index (χ0n) is 12.3. The highest BCUT2D eigenvalue weighted by molar-refractivity contribution is 9.10. The van der Waals surface area contributed by atoms with Crippen molar-refractivity contribution in [1.29, 1.82) is 0 Å². The van der Waals surface area contributed by atoms with Crippen molar-refractivity contribution in [3.8, 4) is 0 Å². The average molecular weight is 343 g/mol. The highest BCUT2D eigenvalue weighted by Crippen LogP contribution is 2.27. The van der Waals surface area contributed by atoms with Gasteiger partial charge in [0.25, 0.3) is 0 Å². The number of hydrogen-bond acceptors (Lipinski definition) is 2. The van der Waals surface area contributed by atoms with Crippen molar-refractivity contribution in [2.45, 2.75) is 32.7 Å². The van der Waals surface area contributed by atoms with Crippen molar-refractivity contribution in [3.63, 3.8) is 0 Å². The van der Waals surface area contributed by atoms with Gasteiger partial charge in [-0.3, -0.25) is 4.90 Å². The molecular weight excluding hydrogens is 319 g/mol.